The number of anilines is 1. The molecule has 1 aromatic rings. The highest BCUT2D eigenvalue weighted by molar-refractivity contribution is 6.22. The van der Waals surface area contributed by atoms with Crippen LogP contribution < -0.4 is 10.6 Å². The van der Waals surface area contributed by atoms with Gasteiger partial charge >= 0.3 is 6.03 Å². The van der Waals surface area contributed by atoms with E-state index in [1.807, 2.05) is 6.92 Å². The lowest BCUT2D eigenvalue weighted by atomic mass is 9.94. The van der Waals surface area contributed by atoms with Crippen molar-refractivity contribution in [1.29, 1.82) is 0 Å². The van der Waals surface area contributed by atoms with E-state index in [1.54, 1.807) is 18.2 Å². The Labute approximate surface area is 159 Å². The molecule has 7 nitrogen and oxygen atoms in total. The van der Waals surface area contributed by atoms with E-state index >= 15 is 0 Å². The maximum absolute atomic E-state index is 12.8. The van der Waals surface area contributed by atoms with Gasteiger partial charge in [-0.25, -0.2) is 4.79 Å². The van der Waals surface area contributed by atoms with E-state index in [1.165, 1.54) is 4.90 Å². The van der Waals surface area contributed by atoms with Crippen LogP contribution in [0.3, 0.4) is 0 Å². The normalized spacial score (nSPS) is 17.1. The summed E-state index contributed by atoms with van der Waals surface area (Å²) < 4.78 is 5.22. The molecule has 1 fully saturated rings. The molecule has 1 heterocycles. The number of fused-ring (bicyclic) bond motifs is 1. The Morgan fingerprint density at radius 2 is 1.89 bits per heavy atom. The van der Waals surface area contributed by atoms with Gasteiger partial charge in [-0.05, 0) is 44.4 Å². The number of nitrogens with zero attached hydrogens (tertiary/aromatic N) is 1. The number of hydrogen-bond donors (Lipinski definition) is 2. The molecule has 2 N–H and O–H groups in total. The molecule has 1 aliphatic heterocycles. The number of imide groups is 1. The fourth-order valence-corrected chi connectivity index (χ4v) is 3.70. The van der Waals surface area contributed by atoms with Gasteiger partial charge in [-0.15, -0.1) is 0 Å². The molecule has 1 saturated carbocycles. The molecule has 0 unspecified atom stereocenters. The fraction of sp³-hybridized carbons (Fsp3) is 0.550. The van der Waals surface area contributed by atoms with Gasteiger partial charge < -0.3 is 15.4 Å². The van der Waals surface area contributed by atoms with Crippen LogP contribution in [0, 0.1) is 0 Å². The quantitative estimate of drug-likeness (QED) is 0.568. The minimum absolute atomic E-state index is 0.00352. The first-order chi connectivity index (χ1) is 13.1. The van der Waals surface area contributed by atoms with E-state index in [0.29, 0.717) is 36.6 Å². The van der Waals surface area contributed by atoms with Crippen LogP contribution in [-0.2, 0) is 4.74 Å². The summed E-state index contributed by atoms with van der Waals surface area (Å²) >= 11 is 0. The van der Waals surface area contributed by atoms with E-state index in [-0.39, 0.29) is 23.9 Å². The third-order valence-corrected chi connectivity index (χ3v) is 5.07. The van der Waals surface area contributed by atoms with Gasteiger partial charge in [0.25, 0.3) is 11.8 Å². The number of benzene rings is 1. The first-order valence-electron chi connectivity index (χ1n) is 9.76. The number of hydrogen-bond acceptors (Lipinski definition) is 4. The number of carbonyl (C=O) groups is 3. The molecule has 7 heteroatoms. The van der Waals surface area contributed by atoms with Gasteiger partial charge in [0.1, 0.15) is 0 Å². The Bertz CT molecular complexity index is 713. The summed E-state index contributed by atoms with van der Waals surface area (Å²) in [5.74, 6) is -0.462. The van der Waals surface area contributed by atoms with Crippen LogP contribution in [0.15, 0.2) is 18.2 Å². The number of amides is 4. The van der Waals surface area contributed by atoms with Crippen LogP contribution in [0.5, 0.6) is 0 Å². The zero-order chi connectivity index (χ0) is 19.2. The second-order valence-electron chi connectivity index (χ2n) is 6.96. The number of urea groups is 1. The number of ether oxygens (including phenoxy) is 1. The van der Waals surface area contributed by atoms with Crippen molar-refractivity contribution in [2.75, 3.05) is 25.1 Å². The molecular formula is C20H27N3O4. The highest BCUT2D eigenvalue weighted by atomic mass is 16.5. The monoisotopic (exact) mass is 373 g/mol. The molecule has 146 valence electrons. The average Bonchev–Trinajstić information content (AvgIpc) is 2.92. The Kier molecular flexibility index (Phi) is 6.45. The maximum atomic E-state index is 12.8. The van der Waals surface area contributed by atoms with Crippen LogP contribution in [-0.4, -0.2) is 48.5 Å². The van der Waals surface area contributed by atoms with Crippen molar-refractivity contribution in [2.45, 2.75) is 51.5 Å². The van der Waals surface area contributed by atoms with Crippen LogP contribution >= 0.6 is 0 Å². The van der Waals surface area contributed by atoms with Crippen molar-refractivity contribution in [3.63, 3.8) is 0 Å². The number of nitrogens with one attached hydrogen (secondary N) is 2. The second-order valence-corrected chi connectivity index (χ2v) is 6.96. The summed E-state index contributed by atoms with van der Waals surface area (Å²) in [7, 11) is 0. The molecule has 0 spiro atoms. The van der Waals surface area contributed by atoms with Crippen molar-refractivity contribution in [2.24, 2.45) is 0 Å². The van der Waals surface area contributed by atoms with E-state index in [9.17, 15) is 14.4 Å². The second kappa shape index (κ2) is 8.99. The predicted octanol–water partition coefficient (Wildman–Crippen LogP) is 3.16. The summed E-state index contributed by atoms with van der Waals surface area (Å²) in [6, 6.07) is 4.54. The molecular weight excluding hydrogens is 346 g/mol. The largest absolute Gasteiger partial charge is 0.382 e. The van der Waals surface area contributed by atoms with Gasteiger partial charge in [-0.3, -0.25) is 14.5 Å². The number of rotatable bonds is 7. The maximum Gasteiger partial charge on any atom is 0.319 e. The summed E-state index contributed by atoms with van der Waals surface area (Å²) in [6.45, 7) is 3.69. The third-order valence-electron chi connectivity index (χ3n) is 5.07. The Morgan fingerprint density at radius 1 is 1.15 bits per heavy atom. The van der Waals surface area contributed by atoms with Gasteiger partial charge in [0, 0.05) is 31.5 Å². The van der Waals surface area contributed by atoms with Crippen molar-refractivity contribution in [3.05, 3.63) is 29.3 Å². The number of carbonyl (C=O) groups excluding carboxylic acids is 3. The highest BCUT2D eigenvalue weighted by Crippen LogP contribution is 2.32. The molecule has 27 heavy (non-hydrogen) atoms. The lowest BCUT2D eigenvalue weighted by Crippen LogP contribution is -2.40. The molecule has 2 aliphatic rings. The first kappa shape index (κ1) is 19.4. The smallest absolute Gasteiger partial charge is 0.319 e. The standard InChI is InChI=1S/C20H27N3O4/c1-2-27-12-6-11-21-20(26)22-14-9-10-16-17(13-14)19(25)23(18(16)24)15-7-4-3-5-8-15/h9-10,13,15H,2-8,11-12H2,1H3,(H2,21,22,26). The topological polar surface area (TPSA) is 87.7 Å². The van der Waals surface area contributed by atoms with Crippen molar-refractivity contribution in [3.8, 4) is 0 Å². The molecule has 0 bridgehead atoms. The van der Waals surface area contributed by atoms with E-state index in [0.717, 1.165) is 38.5 Å². The van der Waals surface area contributed by atoms with Crippen LogP contribution in [0.2, 0.25) is 0 Å². The van der Waals surface area contributed by atoms with Gasteiger partial charge in [-0.1, -0.05) is 19.3 Å². The summed E-state index contributed by atoms with van der Waals surface area (Å²) in [5.41, 5.74) is 1.30. The zero-order valence-corrected chi connectivity index (χ0v) is 15.8. The van der Waals surface area contributed by atoms with Gasteiger partial charge in [0.2, 0.25) is 0 Å². The lowest BCUT2D eigenvalue weighted by molar-refractivity contribution is 0.0549. The van der Waals surface area contributed by atoms with Gasteiger partial charge in [0.15, 0.2) is 0 Å². The Hall–Kier alpha value is -2.41. The predicted molar refractivity (Wildman–Crippen MR) is 102 cm³/mol. The minimum atomic E-state index is -0.340. The average molecular weight is 373 g/mol. The summed E-state index contributed by atoms with van der Waals surface area (Å²) in [6.07, 6.45) is 5.74. The van der Waals surface area contributed by atoms with Crippen LogP contribution in [0.1, 0.15) is 66.2 Å². The molecule has 1 aliphatic carbocycles. The summed E-state index contributed by atoms with van der Waals surface area (Å²) in [5, 5.41) is 5.47. The van der Waals surface area contributed by atoms with Crippen LogP contribution in [0.4, 0.5) is 10.5 Å². The molecule has 0 saturated heterocycles. The molecule has 1 aromatic carbocycles. The SMILES string of the molecule is CCOCCCNC(=O)Nc1ccc2c(c1)C(=O)N(C1CCCCC1)C2=O. The van der Waals surface area contributed by atoms with Crippen molar-refractivity contribution in [1.82, 2.24) is 10.2 Å². The molecule has 3 rings (SSSR count). The Morgan fingerprint density at radius 3 is 2.63 bits per heavy atom. The van der Waals surface area contributed by atoms with Crippen molar-refractivity contribution < 1.29 is 19.1 Å². The molecule has 0 atom stereocenters. The first-order valence-corrected chi connectivity index (χ1v) is 9.76. The van der Waals surface area contributed by atoms with E-state index < -0.39 is 0 Å². The van der Waals surface area contributed by atoms with Crippen LogP contribution in [0.25, 0.3) is 0 Å². The van der Waals surface area contributed by atoms with E-state index in [4.69, 9.17) is 4.74 Å². The van der Waals surface area contributed by atoms with Gasteiger partial charge in [-0.2, -0.15) is 0 Å². The summed E-state index contributed by atoms with van der Waals surface area (Å²) in [4.78, 5) is 38.8. The highest BCUT2D eigenvalue weighted by Gasteiger charge is 2.40. The Balaban J connectivity index is 1.61. The zero-order valence-electron chi connectivity index (χ0n) is 15.8. The minimum Gasteiger partial charge on any atom is -0.382 e. The fourth-order valence-electron chi connectivity index (χ4n) is 3.70. The third kappa shape index (κ3) is 4.47. The molecule has 0 aromatic heterocycles. The molecule has 0 radical (unpaired) electrons. The molecule has 4 amide bonds. The lowest BCUT2D eigenvalue weighted by Gasteiger charge is -2.29. The van der Waals surface area contributed by atoms with Gasteiger partial charge in [0.05, 0.1) is 11.1 Å². The van der Waals surface area contributed by atoms with E-state index in [2.05, 4.69) is 10.6 Å². The van der Waals surface area contributed by atoms with Crippen molar-refractivity contribution >= 4 is 23.5 Å².